The van der Waals surface area contributed by atoms with Crippen LogP contribution in [-0.2, 0) is 21.9 Å². The van der Waals surface area contributed by atoms with E-state index in [1.54, 1.807) is 0 Å². The van der Waals surface area contributed by atoms with Gasteiger partial charge >= 0.3 is 18.3 Å². The van der Waals surface area contributed by atoms with Crippen LogP contribution in [0.2, 0.25) is 0 Å². The number of rotatable bonds is 5. The predicted octanol–water partition coefficient (Wildman–Crippen LogP) is 2.97. The Bertz CT molecular complexity index is 994. The van der Waals surface area contributed by atoms with Crippen LogP contribution in [0.1, 0.15) is 11.1 Å². The predicted molar refractivity (Wildman–Crippen MR) is 94.2 cm³/mol. The zero-order valence-corrected chi connectivity index (χ0v) is 16.2. The number of aromatic nitrogens is 3. The molecule has 174 valence electrons. The molecule has 0 amide bonds. The van der Waals surface area contributed by atoms with Crippen LogP contribution in [-0.4, -0.2) is 62.8 Å². The number of carbonyl (C=O) groups is 1. The summed E-state index contributed by atoms with van der Waals surface area (Å²) < 4.78 is 97.3. The second kappa shape index (κ2) is 8.16. The van der Waals surface area contributed by atoms with Crippen molar-refractivity contribution in [3.05, 3.63) is 41.7 Å². The summed E-state index contributed by atoms with van der Waals surface area (Å²) in [4.78, 5) is 16.2. The Morgan fingerprint density at radius 3 is 2.22 bits per heavy atom. The second-order valence-electron chi connectivity index (χ2n) is 6.96. The first-order chi connectivity index (χ1) is 14.7. The third-order valence-corrected chi connectivity index (χ3v) is 4.60. The summed E-state index contributed by atoms with van der Waals surface area (Å²) in [6.07, 6.45) is -8.15. The quantitative estimate of drug-likeness (QED) is 0.537. The van der Waals surface area contributed by atoms with E-state index in [0.29, 0.717) is 12.1 Å². The highest BCUT2D eigenvalue weighted by molar-refractivity contribution is 5.81. The van der Waals surface area contributed by atoms with Gasteiger partial charge in [-0.3, -0.25) is 4.90 Å². The minimum atomic E-state index is -5.02. The summed E-state index contributed by atoms with van der Waals surface area (Å²) >= 11 is 0. The topological polar surface area (TPSA) is 80.5 Å². The number of likely N-dealkylation sites (tertiary alicyclic amines) is 1. The molecule has 3 rings (SSSR count). The van der Waals surface area contributed by atoms with E-state index < -0.39 is 65.8 Å². The number of hydrogen-bond donors (Lipinski definition) is 1. The molecule has 7 nitrogen and oxygen atoms in total. The van der Waals surface area contributed by atoms with Crippen molar-refractivity contribution in [1.29, 1.82) is 0 Å². The Hall–Kier alpha value is -3.00. The number of halogens is 7. The summed E-state index contributed by atoms with van der Waals surface area (Å²) in [5.41, 5.74) is -5.78. The lowest BCUT2D eigenvalue weighted by molar-refractivity contribution is -0.175. The molecule has 1 atom stereocenters. The van der Waals surface area contributed by atoms with E-state index in [-0.39, 0.29) is 6.07 Å². The number of methoxy groups -OCH3 is 1. The number of nitrogens with zero attached hydrogens (tertiary/aromatic N) is 4. The van der Waals surface area contributed by atoms with E-state index in [1.165, 1.54) is 4.90 Å². The standard InChI is InChI=1S/C18H15F7N4O3/c1-32-15(31)16(19)7-28(8-16)13(30)2-3-29-9-26-14(27-29)10-4-11(17(20,21)22)6-12(5-10)18(23,24)25/h2-6,9,13,30H,7-8H2,1H3/b3-2-. The van der Waals surface area contributed by atoms with Gasteiger partial charge in [0.1, 0.15) is 12.6 Å². The van der Waals surface area contributed by atoms with E-state index in [9.17, 15) is 40.6 Å². The average molecular weight is 468 g/mol. The van der Waals surface area contributed by atoms with Crippen LogP contribution < -0.4 is 0 Å². The molecule has 32 heavy (non-hydrogen) atoms. The molecule has 0 bridgehead atoms. The van der Waals surface area contributed by atoms with E-state index in [1.807, 2.05) is 0 Å². The molecule has 0 radical (unpaired) electrons. The maximum absolute atomic E-state index is 14.1. The SMILES string of the molecule is COC(=O)C1(F)CN(C(O)/C=C\n2cnc(-c3cc(C(F)(F)F)cc(C(F)(F)F)c3)n2)C1. The number of benzene rings is 1. The molecule has 2 aromatic rings. The van der Waals surface area contributed by atoms with E-state index in [2.05, 4.69) is 14.8 Å². The first-order valence-electron chi connectivity index (χ1n) is 8.82. The van der Waals surface area contributed by atoms with E-state index >= 15 is 0 Å². The smallest absolute Gasteiger partial charge is 0.416 e. The van der Waals surface area contributed by atoms with Crippen molar-refractivity contribution in [2.75, 3.05) is 20.2 Å². The molecule has 2 heterocycles. The maximum atomic E-state index is 14.1. The van der Waals surface area contributed by atoms with Gasteiger partial charge in [0.15, 0.2) is 5.82 Å². The second-order valence-corrected chi connectivity index (χ2v) is 6.96. The fourth-order valence-corrected chi connectivity index (χ4v) is 2.95. The number of aliphatic hydroxyl groups is 1. The lowest BCUT2D eigenvalue weighted by atomic mass is 9.96. The van der Waals surface area contributed by atoms with Crippen LogP contribution in [0.25, 0.3) is 17.6 Å². The molecule has 1 aromatic heterocycles. The number of hydrogen-bond acceptors (Lipinski definition) is 6. The van der Waals surface area contributed by atoms with Gasteiger partial charge in [0.2, 0.25) is 5.67 Å². The van der Waals surface area contributed by atoms with Crippen LogP contribution in [0, 0.1) is 0 Å². The normalized spacial score (nSPS) is 17.9. The molecule has 1 N–H and O–H groups in total. The van der Waals surface area contributed by atoms with Gasteiger partial charge in [-0.05, 0) is 24.3 Å². The van der Waals surface area contributed by atoms with Gasteiger partial charge in [0, 0.05) is 24.9 Å². The number of aliphatic hydroxyl groups excluding tert-OH is 1. The maximum Gasteiger partial charge on any atom is 0.416 e. The van der Waals surface area contributed by atoms with Crippen molar-refractivity contribution < 1.29 is 45.4 Å². The third-order valence-electron chi connectivity index (χ3n) is 4.60. The summed E-state index contributed by atoms with van der Waals surface area (Å²) in [6, 6.07) is 0.964. The van der Waals surface area contributed by atoms with Gasteiger partial charge in [-0.15, -0.1) is 5.10 Å². The van der Waals surface area contributed by atoms with Crippen molar-refractivity contribution in [2.24, 2.45) is 0 Å². The Kier molecular flexibility index (Phi) is 6.04. The van der Waals surface area contributed by atoms with Crippen LogP contribution >= 0.6 is 0 Å². The minimum absolute atomic E-state index is 0.0109. The highest BCUT2D eigenvalue weighted by Crippen LogP contribution is 2.38. The molecule has 1 aliphatic rings. The number of alkyl halides is 7. The first-order valence-corrected chi connectivity index (χ1v) is 8.82. The van der Waals surface area contributed by atoms with Crippen molar-refractivity contribution in [1.82, 2.24) is 19.7 Å². The minimum Gasteiger partial charge on any atom is -0.467 e. The van der Waals surface area contributed by atoms with Gasteiger partial charge in [-0.2, -0.15) is 26.3 Å². The number of esters is 1. The van der Waals surface area contributed by atoms with Crippen molar-refractivity contribution >= 4 is 12.2 Å². The average Bonchev–Trinajstić information content (AvgIpc) is 3.16. The molecular weight excluding hydrogens is 453 g/mol. The lowest BCUT2D eigenvalue weighted by Gasteiger charge is -2.43. The fourth-order valence-electron chi connectivity index (χ4n) is 2.95. The Morgan fingerprint density at radius 2 is 1.72 bits per heavy atom. The van der Waals surface area contributed by atoms with Gasteiger partial charge in [0.25, 0.3) is 0 Å². The van der Waals surface area contributed by atoms with Gasteiger partial charge in [0.05, 0.1) is 18.2 Å². The molecule has 1 unspecified atom stereocenters. The van der Waals surface area contributed by atoms with Crippen molar-refractivity contribution in [2.45, 2.75) is 24.2 Å². The van der Waals surface area contributed by atoms with Crippen LogP contribution in [0.3, 0.4) is 0 Å². The van der Waals surface area contributed by atoms with E-state index in [0.717, 1.165) is 30.4 Å². The summed E-state index contributed by atoms with van der Waals surface area (Å²) in [7, 11) is 1.02. The molecule has 0 aliphatic carbocycles. The number of carbonyl (C=O) groups excluding carboxylic acids is 1. The van der Waals surface area contributed by atoms with Gasteiger partial charge in [-0.1, -0.05) is 0 Å². The molecule has 0 saturated carbocycles. The molecule has 14 heteroatoms. The molecule has 1 aliphatic heterocycles. The third kappa shape index (κ3) is 4.91. The molecule has 0 spiro atoms. The summed E-state index contributed by atoms with van der Waals surface area (Å²) in [5, 5.41) is 13.8. The van der Waals surface area contributed by atoms with Crippen LogP contribution in [0.5, 0.6) is 0 Å². The molecule has 1 aromatic carbocycles. The van der Waals surface area contributed by atoms with Gasteiger partial charge in [-0.25, -0.2) is 18.9 Å². The first kappa shape index (κ1) is 23.7. The monoisotopic (exact) mass is 468 g/mol. The Labute approximate surface area is 175 Å². The fraction of sp³-hybridized carbons (Fsp3) is 0.389. The number of ether oxygens (including phenoxy) is 1. The molecule has 1 saturated heterocycles. The van der Waals surface area contributed by atoms with E-state index in [4.69, 9.17) is 0 Å². The summed E-state index contributed by atoms with van der Waals surface area (Å²) in [6.45, 7) is -0.865. The Morgan fingerprint density at radius 1 is 1.16 bits per heavy atom. The zero-order valence-electron chi connectivity index (χ0n) is 16.2. The highest BCUT2D eigenvalue weighted by Gasteiger charge is 2.52. The molecular formula is C18H15F7N4O3. The Balaban J connectivity index is 1.77. The lowest BCUT2D eigenvalue weighted by Crippen LogP contribution is -2.65. The molecule has 1 fully saturated rings. The van der Waals surface area contributed by atoms with Crippen LogP contribution in [0.4, 0.5) is 30.7 Å². The van der Waals surface area contributed by atoms with Crippen LogP contribution in [0.15, 0.2) is 30.6 Å². The van der Waals surface area contributed by atoms with Crippen molar-refractivity contribution in [3.8, 4) is 11.4 Å². The largest absolute Gasteiger partial charge is 0.467 e. The van der Waals surface area contributed by atoms with Gasteiger partial charge < -0.3 is 9.84 Å². The highest BCUT2D eigenvalue weighted by atomic mass is 19.4. The zero-order chi connectivity index (χ0) is 23.9. The van der Waals surface area contributed by atoms with Crippen molar-refractivity contribution in [3.63, 3.8) is 0 Å². The summed E-state index contributed by atoms with van der Waals surface area (Å²) in [5.74, 6) is -1.50.